The normalized spacial score (nSPS) is 11.8. The largest absolute Gasteiger partial charge is 0.483 e. The van der Waals surface area contributed by atoms with Crippen molar-refractivity contribution in [2.75, 3.05) is 6.61 Å². The molecule has 114 valence electrons. The summed E-state index contributed by atoms with van der Waals surface area (Å²) in [6, 6.07) is 3.64. The number of nitro groups is 1. The quantitative estimate of drug-likeness (QED) is 0.471. The van der Waals surface area contributed by atoms with E-state index in [1.807, 2.05) is 20.8 Å². The number of nitrogens with one attached hydrogen (secondary N) is 1. The highest BCUT2D eigenvalue weighted by atomic mass is 16.6. The predicted molar refractivity (Wildman–Crippen MR) is 76.4 cm³/mol. The van der Waals surface area contributed by atoms with Gasteiger partial charge in [-0.05, 0) is 18.9 Å². The van der Waals surface area contributed by atoms with E-state index < -0.39 is 4.92 Å². The molecule has 1 aromatic carbocycles. The van der Waals surface area contributed by atoms with Gasteiger partial charge < -0.3 is 10.1 Å². The zero-order valence-electron chi connectivity index (χ0n) is 12.2. The van der Waals surface area contributed by atoms with E-state index in [1.165, 1.54) is 12.1 Å². The highest BCUT2D eigenvalue weighted by Crippen LogP contribution is 2.22. The summed E-state index contributed by atoms with van der Waals surface area (Å²) in [7, 11) is 0. The average Bonchev–Trinajstić information content (AvgIpc) is 2.44. The van der Waals surface area contributed by atoms with Crippen molar-refractivity contribution in [2.24, 2.45) is 5.92 Å². The maximum Gasteiger partial charge on any atom is 0.270 e. The Morgan fingerprint density at radius 2 is 2.10 bits per heavy atom. The summed E-state index contributed by atoms with van der Waals surface area (Å²) in [6.07, 6.45) is 0.455. The minimum Gasteiger partial charge on any atom is -0.483 e. The maximum atomic E-state index is 11.7. The van der Waals surface area contributed by atoms with E-state index in [0.717, 1.165) is 6.07 Å². The molecule has 1 N–H and O–H groups in total. The third kappa shape index (κ3) is 4.87. The second kappa shape index (κ2) is 7.37. The van der Waals surface area contributed by atoms with E-state index in [-0.39, 0.29) is 35.6 Å². The maximum absolute atomic E-state index is 11.7. The monoisotopic (exact) mass is 294 g/mol. The van der Waals surface area contributed by atoms with Gasteiger partial charge in [-0.2, -0.15) is 0 Å². The Kier molecular flexibility index (Phi) is 5.83. The summed E-state index contributed by atoms with van der Waals surface area (Å²) in [5, 5.41) is 13.4. The summed E-state index contributed by atoms with van der Waals surface area (Å²) >= 11 is 0. The molecule has 7 nitrogen and oxygen atoms in total. The van der Waals surface area contributed by atoms with Crippen molar-refractivity contribution in [1.82, 2.24) is 5.32 Å². The molecule has 21 heavy (non-hydrogen) atoms. The van der Waals surface area contributed by atoms with Gasteiger partial charge in [0, 0.05) is 18.2 Å². The lowest BCUT2D eigenvalue weighted by Crippen LogP contribution is -2.39. The third-order valence-corrected chi connectivity index (χ3v) is 3.08. The highest BCUT2D eigenvalue weighted by Gasteiger charge is 2.14. The molecule has 0 saturated carbocycles. The van der Waals surface area contributed by atoms with Crippen LogP contribution in [0.5, 0.6) is 5.75 Å². The van der Waals surface area contributed by atoms with Gasteiger partial charge in [0.15, 0.2) is 12.9 Å². The Morgan fingerprint density at radius 3 is 2.62 bits per heavy atom. The Labute approximate surface area is 122 Å². The van der Waals surface area contributed by atoms with Crippen molar-refractivity contribution >= 4 is 17.9 Å². The van der Waals surface area contributed by atoms with Gasteiger partial charge in [-0.1, -0.05) is 13.8 Å². The van der Waals surface area contributed by atoms with Crippen molar-refractivity contribution in [3.63, 3.8) is 0 Å². The molecule has 0 heterocycles. The first-order valence-corrected chi connectivity index (χ1v) is 6.51. The van der Waals surface area contributed by atoms with Gasteiger partial charge in [0.2, 0.25) is 0 Å². The average molecular weight is 294 g/mol. The van der Waals surface area contributed by atoms with Crippen molar-refractivity contribution in [2.45, 2.75) is 26.8 Å². The molecule has 7 heteroatoms. The molecule has 0 spiro atoms. The van der Waals surface area contributed by atoms with Crippen LogP contribution in [0.25, 0.3) is 0 Å². The zero-order valence-corrected chi connectivity index (χ0v) is 12.2. The molecule has 0 unspecified atom stereocenters. The molecule has 1 aromatic rings. The smallest absolute Gasteiger partial charge is 0.270 e. The molecular formula is C14H18N2O5. The van der Waals surface area contributed by atoms with Crippen LogP contribution in [0.15, 0.2) is 18.2 Å². The van der Waals surface area contributed by atoms with E-state index in [0.29, 0.717) is 12.2 Å². The van der Waals surface area contributed by atoms with Gasteiger partial charge in [0.05, 0.1) is 10.5 Å². The lowest BCUT2D eigenvalue weighted by Gasteiger charge is -2.17. The van der Waals surface area contributed by atoms with Crippen LogP contribution >= 0.6 is 0 Å². The molecule has 0 fully saturated rings. The minimum absolute atomic E-state index is 0.00324. The molecule has 1 amide bonds. The number of ether oxygens (including phenoxy) is 1. The number of benzene rings is 1. The zero-order chi connectivity index (χ0) is 16.0. The summed E-state index contributed by atoms with van der Waals surface area (Å²) in [6.45, 7) is 5.58. The number of hydrogen-bond acceptors (Lipinski definition) is 5. The molecule has 1 rings (SSSR count). The number of nitro benzene ring substituents is 1. The van der Waals surface area contributed by atoms with E-state index in [9.17, 15) is 19.7 Å². The van der Waals surface area contributed by atoms with Crippen LogP contribution in [0.1, 0.15) is 31.1 Å². The molecule has 0 aliphatic carbocycles. The molecular weight excluding hydrogens is 276 g/mol. The number of amides is 1. The highest BCUT2D eigenvalue weighted by molar-refractivity contribution is 5.82. The van der Waals surface area contributed by atoms with Crippen molar-refractivity contribution in [3.05, 3.63) is 33.9 Å². The molecule has 1 atom stereocenters. The van der Waals surface area contributed by atoms with E-state index in [2.05, 4.69) is 5.32 Å². The predicted octanol–water partition coefficient (Wildman–Crippen LogP) is 1.95. The Balaban J connectivity index is 2.69. The SMILES string of the molecule is CC(C)[C@H](C)NC(=O)COc1ccc([N+](=O)[O-])cc1C=O. The van der Waals surface area contributed by atoms with E-state index in [4.69, 9.17) is 4.74 Å². The van der Waals surface area contributed by atoms with Crippen molar-refractivity contribution in [1.29, 1.82) is 0 Å². The van der Waals surface area contributed by atoms with Crippen LogP contribution < -0.4 is 10.1 Å². The number of hydrogen-bond donors (Lipinski definition) is 1. The van der Waals surface area contributed by atoms with Gasteiger partial charge in [0.1, 0.15) is 5.75 Å². The number of aldehydes is 1. The Morgan fingerprint density at radius 1 is 1.43 bits per heavy atom. The Bertz CT molecular complexity index is 542. The van der Waals surface area contributed by atoms with Gasteiger partial charge in [-0.25, -0.2) is 0 Å². The van der Waals surface area contributed by atoms with Crippen LogP contribution in [0.4, 0.5) is 5.69 Å². The topological polar surface area (TPSA) is 98.5 Å². The van der Waals surface area contributed by atoms with E-state index in [1.54, 1.807) is 0 Å². The molecule has 0 radical (unpaired) electrons. The fourth-order valence-electron chi connectivity index (χ4n) is 1.48. The molecule has 0 aromatic heterocycles. The first-order chi connectivity index (χ1) is 9.85. The summed E-state index contributed by atoms with van der Waals surface area (Å²) < 4.78 is 5.24. The Hall–Kier alpha value is -2.44. The van der Waals surface area contributed by atoms with Gasteiger partial charge >= 0.3 is 0 Å². The van der Waals surface area contributed by atoms with Crippen LogP contribution in [-0.4, -0.2) is 29.8 Å². The van der Waals surface area contributed by atoms with Crippen molar-refractivity contribution in [3.8, 4) is 5.75 Å². The fraction of sp³-hybridized carbons (Fsp3) is 0.429. The van der Waals surface area contributed by atoms with Crippen LogP contribution in [0, 0.1) is 16.0 Å². The molecule has 0 bridgehead atoms. The first kappa shape index (κ1) is 16.6. The van der Waals surface area contributed by atoms with Crippen molar-refractivity contribution < 1.29 is 19.2 Å². The van der Waals surface area contributed by atoms with Gasteiger partial charge in [-0.15, -0.1) is 0 Å². The second-order valence-electron chi connectivity index (χ2n) is 4.99. The number of carbonyl (C=O) groups is 2. The number of nitrogens with zero attached hydrogens (tertiary/aromatic N) is 1. The van der Waals surface area contributed by atoms with Crippen LogP contribution in [-0.2, 0) is 4.79 Å². The third-order valence-electron chi connectivity index (χ3n) is 3.08. The number of carbonyl (C=O) groups excluding carboxylic acids is 2. The van der Waals surface area contributed by atoms with Gasteiger partial charge in [0.25, 0.3) is 11.6 Å². The fourth-order valence-corrected chi connectivity index (χ4v) is 1.48. The molecule has 0 saturated heterocycles. The molecule has 0 aliphatic heterocycles. The summed E-state index contributed by atoms with van der Waals surface area (Å²) in [5.41, 5.74) is -0.170. The lowest BCUT2D eigenvalue weighted by molar-refractivity contribution is -0.384. The summed E-state index contributed by atoms with van der Waals surface area (Å²) in [5.74, 6) is 0.119. The standard InChI is InChI=1S/C14H18N2O5/c1-9(2)10(3)15-14(18)8-21-13-5-4-12(16(19)20)6-11(13)7-17/h4-7,9-10H,8H2,1-3H3,(H,15,18)/t10-/m0/s1. The van der Waals surface area contributed by atoms with Gasteiger partial charge in [-0.3, -0.25) is 19.7 Å². The van der Waals surface area contributed by atoms with Crippen LogP contribution in [0.2, 0.25) is 0 Å². The first-order valence-electron chi connectivity index (χ1n) is 6.51. The van der Waals surface area contributed by atoms with E-state index >= 15 is 0 Å². The summed E-state index contributed by atoms with van der Waals surface area (Å²) in [4.78, 5) is 32.6. The molecule has 0 aliphatic rings. The lowest BCUT2D eigenvalue weighted by atomic mass is 10.1. The second-order valence-corrected chi connectivity index (χ2v) is 4.99. The minimum atomic E-state index is -0.603. The number of non-ortho nitro benzene ring substituents is 1. The van der Waals surface area contributed by atoms with Crippen LogP contribution in [0.3, 0.4) is 0 Å². The number of rotatable bonds is 7.